The van der Waals surface area contributed by atoms with Crippen molar-refractivity contribution < 1.29 is 4.42 Å². The largest absolute Gasteiger partial charge is 0.467 e. The first kappa shape index (κ1) is 13.8. The monoisotopic (exact) mass is 280 g/mol. The van der Waals surface area contributed by atoms with Gasteiger partial charge in [0, 0.05) is 16.6 Å². The van der Waals surface area contributed by atoms with E-state index in [-0.39, 0.29) is 0 Å². The normalized spacial score (nSPS) is 11.1. The highest BCUT2D eigenvalue weighted by molar-refractivity contribution is 5.84. The van der Waals surface area contributed by atoms with E-state index in [4.69, 9.17) is 4.42 Å². The maximum atomic E-state index is 5.62. The summed E-state index contributed by atoms with van der Waals surface area (Å²) < 4.78 is 5.62. The molecule has 0 saturated heterocycles. The number of benzene rings is 1. The van der Waals surface area contributed by atoms with Gasteiger partial charge < -0.3 is 9.73 Å². The van der Waals surface area contributed by atoms with Gasteiger partial charge in [0.05, 0.1) is 18.3 Å². The van der Waals surface area contributed by atoms with E-state index in [9.17, 15) is 0 Å². The van der Waals surface area contributed by atoms with Crippen LogP contribution in [0.5, 0.6) is 0 Å². The van der Waals surface area contributed by atoms with E-state index >= 15 is 0 Å². The molecule has 0 radical (unpaired) electrons. The fourth-order valence-corrected chi connectivity index (χ4v) is 2.51. The molecule has 3 nitrogen and oxygen atoms in total. The summed E-state index contributed by atoms with van der Waals surface area (Å²) in [4.78, 5) is 4.55. The zero-order chi connectivity index (χ0) is 14.7. The number of rotatable bonds is 5. The summed E-state index contributed by atoms with van der Waals surface area (Å²) in [6.45, 7) is 5.94. The zero-order valence-corrected chi connectivity index (χ0v) is 12.5. The van der Waals surface area contributed by atoms with Gasteiger partial charge in [-0.25, -0.2) is 0 Å². The van der Waals surface area contributed by atoms with E-state index in [0.29, 0.717) is 0 Å². The van der Waals surface area contributed by atoms with Gasteiger partial charge in [0.2, 0.25) is 0 Å². The molecule has 3 rings (SSSR count). The maximum absolute atomic E-state index is 5.62. The zero-order valence-electron chi connectivity index (χ0n) is 12.5. The molecular formula is C18H20N2O. The minimum absolute atomic E-state index is 0.764. The Kier molecular flexibility index (Phi) is 4.02. The van der Waals surface area contributed by atoms with Gasteiger partial charge in [-0.2, -0.15) is 0 Å². The molecule has 0 aliphatic rings. The lowest BCUT2D eigenvalue weighted by Crippen LogP contribution is -2.13. The van der Waals surface area contributed by atoms with Gasteiger partial charge in [0.1, 0.15) is 5.76 Å². The highest BCUT2D eigenvalue weighted by Gasteiger charge is 2.09. The molecule has 0 saturated carbocycles. The van der Waals surface area contributed by atoms with Gasteiger partial charge in [0.25, 0.3) is 0 Å². The highest BCUT2D eigenvalue weighted by atomic mass is 16.3. The molecule has 2 heterocycles. The second-order valence-corrected chi connectivity index (χ2v) is 5.29. The molecule has 21 heavy (non-hydrogen) atoms. The van der Waals surface area contributed by atoms with Crippen LogP contribution < -0.4 is 5.32 Å². The van der Waals surface area contributed by atoms with Gasteiger partial charge in [-0.05, 0) is 49.7 Å². The van der Waals surface area contributed by atoms with E-state index < -0.39 is 0 Å². The van der Waals surface area contributed by atoms with Crippen molar-refractivity contribution in [2.75, 3.05) is 6.54 Å². The van der Waals surface area contributed by atoms with Crippen LogP contribution in [0, 0.1) is 6.92 Å². The Balaban J connectivity index is 1.93. The Morgan fingerprint density at radius 1 is 1.14 bits per heavy atom. The molecule has 0 aliphatic carbocycles. The first-order chi connectivity index (χ1) is 10.3. The molecule has 2 aromatic heterocycles. The lowest BCUT2D eigenvalue weighted by Gasteiger charge is -2.06. The lowest BCUT2D eigenvalue weighted by molar-refractivity contribution is 0.484. The number of fused-ring (bicyclic) bond motifs is 1. The number of aryl methyl sites for hydroxylation is 1. The molecule has 0 atom stereocenters. The number of nitrogens with one attached hydrogen (secondary N) is 1. The number of hydrogen-bond donors (Lipinski definition) is 1. The molecule has 0 unspecified atom stereocenters. The van der Waals surface area contributed by atoms with Crippen LogP contribution in [0.15, 0.2) is 47.1 Å². The van der Waals surface area contributed by atoms with Crippen molar-refractivity contribution in [2.45, 2.75) is 26.8 Å². The Hall–Kier alpha value is -2.13. The Morgan fingerprint density at radius 2 is 2.05 bits per heavy atom. The summed E-state index contributed by atoms with van der Waals surface area (Å²) >= 11 is 0. The molecule has 0 bridgehead atoms. The molecule has 1 N–H and O–H groups in total. The molecule has 3 aromatic rings. The highest BCUT2D eigenvalue weighted by Crippen LogP contribution is 2.27. The summed E-state index contributed by atoms with van der Waals surface area (Å²) in [5, 5.41) is 4.55. The number of furan rings is 1. The minimum atomic E-state index is 0.764. The average molecular weight is 280 g/mol. The van der Waals surface area contributed by atoms with Crippen LogP contribution in [0.1, 0.15) is 24.8 Å². The molecule has 0 spiro atoms. The maximum Gasteiger partial charge on any atom is 0.125 e. The third-order valence-corrected chi connectivity index (χ3v) is 3.60. The summed E-state index contributed by atoms with van der Waals surface area (Å²) in [7, 11) is 0. The molecule has 0 aliphatic heterocycles. The molecule has 0 fully saturated rings. The number of hydrogen-bond acceptors (Lipinski definition) is 3. The lowest BCUT2D eigenvalue weighted by atomic mass is 10.0. The molecule has 108 valence electrons. The fourth-order valence-electron chi connectivity index (χ4n) is 2.51. The van der Waals surface area contributed by atoms with Crippen LogP contribution in [0.4, 0.5) is 0 Å². The summed E-state index contributed by atoms with van der Waals surface area (Å²) in [5.41, 5.74) is 4.41. The van der Waals surface area contributed by atoms with E-state index in [1.165, 1.54) is 5.56 Å². The van der Waals surface area contributed by atoms with Crippen LogP contribution in [-0.2, 0) is 6.54 Å². The Bertz CT molecular complexity index is 746. The van der Waals surface area contributed by atoms with Crippen LogP contribution in [0.2, 0.25) is 0 Å². The molecule has 3 heteroatoms. The van der Waals surface area contributed by atoms with E-state index in [1.807, 2.05) is 19.1 Å². The van der Waals surface area contributed by atoms with Gasteiger partial charge in [-0.1, -0.05) is 19.1 Å². The Morgan fingerprint density at radius 3 is 2.90 bits per heavy atom. The number of nitrogens with zero attached hydrogens (tertiary/aromatic N) is 1. The van der Waals surface area contributed by atoms with Crippen molar-refractivity contribution in [3.05, 3.63) is 54.1 Å². The Labute approximate surface area is 125 Å². The van der Waals surface area contributed by atoms with Gasteiger partial charge in [-0.15, -0.1) is 0 Å². The third-order valence-electron chi connectivity index (χ3n) is 3.60. The molecular weight excluding hydrogens is 260 g/mol. The summed E-state index contributed by atoms with van der Waals surface area (Å²) in [6.07, 6.45) is 2.88. The fraction of sp³-hybridized carbons (Fsp3) is 0.278. The second kappa shape index (κ2) is 6.10. The van der Waals surface area contributed by atoms with Crippen molar-refractivity contribution in [3.8, 4) is 11.1 Å². The van der Waals surface area contributed by atoms with Gasteiger partial charge >= 0.3 is 0 Å². The quantitative estimate of drug-likeness (QED) is 0.708. The topological polar surface area (TPSA) is 38.1 Å². The van der Waals surface area contributed by atoms with Gasteiger partial charge in [0.15, 0.2) is 0 Å². The SMILES string of the molecule is CCCNCc1occc1-c1ccc2nc(C)ccc2c1. The van der Waals surface area contributed by atoms with Crippen LogP contribution in [-0.4, -0.2) is 11.5 Å². The van der Waals surface area contributed by atoms with Crippen molar-refractivity contribution in [3.63, 3.8) is 0 Å². The van der Waals surface area contributed by atoms with Gasteiger partial charge in [-0.3, -0.25) is 4.98 Å². The summed E-state index contributed by atoms with van der Waals surface area (Å²) in [5.74, 6) is 0.989. The van der Waals surface area contributed by atoms with Crippen molar-refractivity contribution in [1.29, 1.82) is 0 Å². The standard InChI is InChI=1S/C18H20N2O/c1-3-9-19-12-18-16(8-10-21-18)14-6-7-17-15(11-14)5-4-13(2)20-17/h4-8,10-11,19H,3,9,12H2,1-2H3. The number of pyridine rings is 1. The predicted molar refractivity (Wildman–Crippen MR) is 86.2 cm³/mol. The van der Waals surface area contributed by atoms with Crippen LogP contribution >= 0.6 is 0 Å². The van der Waals surface area contributed by atoms with Crippen LogP contribution in [0.25, 0.3) is 22.0 Å². The van der Waals surface area contributed by atoms with Crippen molar-refractivity contribution in [1.82, 2.24) is 10.3 Å². The van der Waals surface area contributed by atoms with Crippen molar-refractivity contribution in [2.24, 2.45) is 0 Å². The predicted octanol–water partition coefficient (Wildman–Crippen LogP) is 4.30. The second-order valence-electron chi connectivity index (χ2n) is 5.29. The van der Waals surface area contributed by atoms with E-state index in [0.717, 1.165) is 47.4 Å². The average Bonchev–Trinajstić information content (AvgIpc) is 2.95. The minimum Gasteiger partial charge on any atom is -0.467 e. The van der Waals surface area contributed by atoms with Crippen molar-refractivity contribution >= 4 is 10.9 Å². The molecule has 0 amide bonds. The van der Waals surface area contributed by atoms with E-state index in [1.54, 1.807) is 6.26 Å². The van der Waals surface area contributed by atoms with Crippen LogP contribution in [0.3, 0.4) is 0 Å². The smallest absolute Gasteiger partial charge is 0.125 e. The number of aromatic nitrogens is 1. The first-order valence-corrected chi connectivity index (χ1v) is 7.43. The summed E-state index contributed by atoms with van der Waals surface area (Å²) in [6, 6.07) is 12.6. The molecule has 1 aromatic carbocycles. The van der Waals surface area contributed by atoms with E-state index in [2.05, 4.69) is 41.5 Å². The first-order valence-electron chi connectivity index (χ1n) is 7.43. The third kappa shape index (κ3) is 2.98.